The fourth-order valence-corrected chi connectivity index (χ4v) is 3.72. The Morgan fingerprint density at radius 3 is 2.37 bits per heavy atom. The van der Waals surface area contributed by atoms with E-state index in [9.17, 15) is 20.1 Å². The molecule has 0 N–H and O–H groups in total. The molecule has 0 spiro atoms. The first kappa shape index (κ1) is 22.5. The van der Waals surface area contributed by atoms with E-state index in [1.807, 2.05) is 32.1 Å². The number of thioether (sulfide) groups is 1. The molecule has 6 nitrogen and oxygen atoms in total. The topological polar surface area (TPSA) is 100 Å². The van der Waals surface area contributed by atoms with Gasteiger partial charge in [0.2, 0.25) is 0 Å². The van der Waals surface area contributed by atoms with Gasteiger partial charge in [0.15, 0.2) is 0 Å². The number of hydrogen-bond donors (Lipinski definition) is 0. The lowest BCUT2D eigenvalue weighted by Gasteiger charge is -2.32. The van der Waals surface area contributed by atoms with Gasteiger partial charge in [-0.2, -0.15) is 10.5 Å². The molecule has 1 aliphatic rings. The van der Waals surface area contributed by atoms with Crippen LogP contribution in [0.5, 0.6) is 0 Å². The zero-order chi connectivity index (χ0) is 20.6. The number of carbonyl (C=O) groups excluding carboxylic acids is 2. The van der Waals surface area contributed by atoms with Crippen molar-refractivity contribution in [2.75, 3.05) is 20.0 Å². The molecule has 0 radical (unpaired) electrons. The van der Waals surface area contributed by atoms with Crippen molar-refractivity contribution in [2.24, 2.45) is 5.41 Å². The van der Waals surface area contributed by atoms with Gasteiger partial charge in [-0.05, 0) is 37.0 Å². The van der Waals surface area contributed by atoms with Crippen LogP contribution in [-0.4, -0.2) is 31.9 Å². The van der Waals surface area contributed by atoms with Crippen molar-refractivity contribution in [2.45, 2.75) is 40.0 Å². The van der Waals surface area contributed by atoms with Gasteiger partial charge in [-0.15, -0.1) is 11.8 Å². The molecular weight excluding hydrogens is 364 g/mol. The quantitative estimate of drug-likeness (QED) is 0.387. The molecule has 0 amide bonds. The second-order valence-corrected chi connectivity index (χ2v) is 7.74. The Balaban J connectivity index is 3.41. The van der Waals surface area contributed by atoms with Crippen LogP contribution in [0.25, 0.3) is 0 Å². The van der Waals surface area contributed by atoms with Gasteiger partial charge in [0.1, 0.15) is 23.3 Å². The average Bonchev–Trinajstić information content (AvgIpc) is 2.60. The van der Waals surface area contributed by atoms with E-state index >= 15 is 0 Å². The minimum Gasteiger partial charge on any atom is -0.465 e. The highest BCUT2D eigenvalue weighted by molar-refractivity contribution is 8.02. The standard InChI is InChI=1S/C20H24N2O4S/c1-6-26-19(24)15(11-21)14-7-13(9-20(2,3)10-14)8-17(27-5)16(12-22)18(23)25-4/h7H,6,8-10H2,1-5H3/b15-14+,17-16-. The lowest BCUT2D eigenvalue weighted by atomic mass is 9.73. The van der Waals surface area contributed by atoms with E-state index in [1.54, 1.807) is 13.2 Å². The van der Waals surface area contributed by atoms with Crippen LogP contribution in [0.4, 0.5) is 0 Å². The molecule has 144 valence electrons. The maximum Gasteiger partial charge on any atom is 0.349 e. The summed E-state index contributed by atoms with van der Waals surface area (Å²) < 4.78 is 9.67. The molecule has 0 heterocycles. The first-order valence-electron chi connectivity index (χ1n) is 8.48. The lowest BCUT2D eigenvalue weighted by molar-refractivity contribution is -0.138. The van der Waals surface area contributed by atoms with Crippen molar-refractivity contribution >= 4 is 23.7 Å². The maximum atomic E-state index is 12.1. The summed E-state index contributed by atoms with van der Waals surface area (Å²) in [4.78, 5) is 24.5. The number of nitriles is 2. The summed E-state index contributed by atoms with van der Waals surface area (Å²) in [6.45, 7) is 5.99. The zero-order valence-corrected chi connectivity index (χ0v) is 17.2. The van der Waals surface area contributed by atoms with Crippen LogP contribution in [0.3, 0.4) is 0 Å². The summed E-state index contributed by atoms with van der Waals surface area (Å²) in [6, 6.07) is 3.87. The van der Waals surface area contributed by atoms with Gasteiger partial charge < -0.3 is 9.47 Å². The van der Waals surface area contributed by atoms with E-state index in [2.05, 4.69) is 4.74 Å². The predicted molar refractivity (Wildman–Crippen MR) is 103 cm³/mol. The molecule has 0 saturated heterocycles. The van der Waals surface area contributed by atoms with Gasteiger partial charge in [0, 0.05) is 11.3 Å². The van der Waals surface area contributed by atoms with E-state index in [1.165, 1.54) is 18.9 Å². The molecule has 7 heteroatoms. The minimum atomic E-state index is -0.669. The highest BCUT2D eigenvalue weighted by atomic mass is 32.2. The highest BCUT2D eigenvalue weighted by Crippen LogP contribution is 2.42. The maximum absolute atomic E-state index is 12.1. The minimum absolute atomic E-state index is 0.00489. The molecule has 0 aliphatic heterocycles. The summed E-state index contributed by atoms with van der Waals surface area (Å²) in [7, 11) is 1.24. The number of methoxy groups -OCH3 is 1. The number of esters is 2. The average molecular weight is 388 g/mol. The normalized spacial score (nSPS) is 18.3. The van der Waals surface area contributed by atoms with Gasteiger partial charge in [-0.3, -0.25) is 0 Å². The van der Waals surface area contributed by atoms with Gasteiger partial charge in [0.25, 0.3) is 0 Å². The fourth-order valence-electron chi connectivity index (χ4n) is 3.06. The van der Waals surface area contributed by atoms with Crippen LogP contribution in [0, 0.1) is 28.1 Å². The van der Waals surface area contributed by atoms with Crippen molar-refractivity contribution in [3.8, 4) is 12.1 Å². The molecule has 0 aromatic rings. The Morgan fingerprint density at radius 1 is 1.22 bits per heavy atom. The van der Waals surface area contributed by atoms with Crippen molar-refractivity contribution in [1.29, 1.82) is 10.5 Å². The second-order valence-electron chi connectivity index (χ2n) is 6.84. The summed E-state index contributed by atoms with van der Waals surface area (Å²) in [5.41, 5.74) is 1.38. The number of nitrogens with zero attached hydrogens (tertiary/aromatic N) is 2. The van der Waals surface area contributed by atoms with Crippen molar-refractivity contribution in [1.82, 2.24) is 0 Å². The molecule has 0 fully saturated rings. The molecule has 0 saturated carbocycles. The molecule has 0 aromatic heterocycles. The number of carbonyl (C=O) groups is 2. The summed E-state index contributed by atoms with van der Waals surface area (Å²) in [5, 5.41) is 18.8. The van der Waals surface area contributed by atoms with E-state index in [-0.39, 0.29) is 23.2 Å². The first-order chi connectivity index (χ1) is 12.7. The molecule has 1 aliphatic carbocycles. The van der Waals surface area contributed by atoms with Gasteiger partial charge >= 0.3 is 11.9 Å². The molecular formula is C20H24N2O4S. The van der Waals surface area contributed by atoms with Crippen LogP contribution >= 0.6 is 11.8 Å². The Bertz CT molecular complexity index is 792. The molecule has 0 unspecified atom stereocenters. The monoisotopic (exact) mass is 388 g/mol. The lowest BCUT2D eigenvalue weighted by Crippen LogP contribution is -2.20. The largest absolute Gasteiger partial charge is 0.465 e. The third-order valence-corrected chi connectivity index (χ3v) is 4.92. The Hall–Kier alpha value is -2.51. The predicted octanol–water partition coefficient (Wildman–Crippen LogP) is 3.82. The Kier molecular flexibility index (Phi) is 8.33. The van der Waals surface area contributed by atoms with E-state index in [0.29, 0.717) is 23.3 Å². The molecule has 27 heavy (non-hydrogen) atoms. The molecule has 0 aromatic carbocycles. The van der Waals surface area contributed by atoms with Crippen LogP contribution in [-0.2, 0) is 19.1 Å². The Morgan fingerprint density at radius 2 is 1.89 bits per heavy atom. The summed E-state index contributed by atoms with van der Waals surface area (Å²) in [5.74, 6) is -1.30. The van der Waals surface area contributed by atoms with Crippen LogP contribution < -0.4 is 0 Å². The third kappa shape index (κ3) is 6.01. The van der Waals surface area contributed by atoms with Gasteiger partial charge in [0.05, 0.1) is 13.7 Å². The summed E-state index contributed by atoms with van der Waals surface area (Å²) in [6.07, 6.45) is 5.29. The third-order valence-electron chi connectivity index (χ3n) is 4.08. The highest BCUT2D eigenvalue weighted by Gasteiger charge is 2.30. The number of hydrogen-bond acceptors (Lipinski definition) is 7. The second kappa shape index (κ2) is 9.99. The number of rotatable bonds is 6. The first-order valence-corrected chi connectivity index (χ1v) is 9.70. The van der Waals surface area contributed by atoms with Crippen molar-refractivity contribution in [3.63, 3.8) is 0 Å². The SMILES string of the molecule is CCOC(=O)/C(C#N)=C1\C=C(C/C(SC)=C(\C#N)C(=O)OC)CC(C)(C)C1. The number of allylic oxidation sites excluding steroid dienone is 4. The smallest absolute Gasteiger partial charge is 0.349 e. The van der Waals surface area contributed by atoms with Crippen molar-refractivity contribution < 1.29 is 19.1 Å². The Labute approximate surface area is 164 Å². The summed E-state index contributed by atoms with van der Waals surface area (Å²) >= 11 is 1.31. The van der Waals surface area contributed by atoms with Crippen molar-refractivity contribution in [3.05, 3.63) is 33.3 Å². The van der Waals surface area contributed by atoms with E-state index < -0.39 is 11.9 Å². The van der Waals surface area contributed by atoms with E-state index in [4.69, 9.17) is 4.74 Å². The zero-order valence-electron chi connectivity index (χ0n) is 16.3. The van der Waals surface area contributed by atoms with Gasteiger partial charge in [-0.1, -0.05) is 25.5 Å². The molecule has 0 bridgehead atoms. The van der Waals surface area contributed by atoms with Crippen LogP contribution in [0.1, 0.15) is 40.0 Å². The van der Waals surface area contributed by atoms with Gasteiger partial charge in [-0.25, -0.2) is 9.59 Å². The van der Waals surface area contributed by atoms with Crippen LogP contribution in [0.2, 0.25) is 0 Å². The molecule has 0 atom stereocenters. The fraction of sp³-hybridized carbons (Fsp3) is 0.500. The van der Waals surface area contributed by atoms with E-state index in [0.717, 1.165) is 12.0 Å². The van der Waals surface area contributed by atoms with Crippen LogP contribution in [0.15, 0.2) is 33.3 Å². The molecule has 1 rings (SSSR count). The number of ether oxygens (including phenoxy) is 2.